The maximum Gasteiger partial charge on any atom is 0.327 e. The lowest BCUT2D eigenvalue weighted by Gasteiger charge is -2.27. The summed E-state index contributed by atoms with van der Waals surface area (Å²) >= 11 is 0. The van der Waals surface area contributed by atoms with Gasteiger partial charge in [-0.05, 0) is 30.5 Å². The highest BCUT2D eigenvalue weighted by atomic mass is 16.5. The van der Waals surface area contributed by atoms with E-state index >= 15 is 0 Å². The first kappa shape index (κ1) is 14.5. The molecule has 1 aromatic rings. The smallest absolute Gasteiger partial charge is 0.327 e. The van der Waals surface area contributed by atoms with Crippen LogP contribution in [0.2, 0.25) is 0 Å². The van der Waals surface area contributed by atoms with E-state index in [9.17, 15) is 4.79 Å². The highest BCUT2D eigenvalue weighted by Gasteiger charge is 2.25. The van der Waals surface area contributed by atoms with Gasteiger partial charge in [0.2, 0.25) is 0 Å². The van der Waals surface area contributed by atoms with Crippen molar-refractivity contribution in [1.29, 1.82) is 5.26 Å². The van der Waals surface area contributed by atoms with Gasteiger partial charge in [-0.25, -0.2) is 4.79 Å². The van der Waals surface area contributed by atoms with Crippen LogP contribution in [-0.2, 0) is 9.53 Å². The molecule has 0 amide bonds. The lowest BCUT2D eigenvalue weighted by Crippen LogP contribution is -2.38. The zero-order valence-electron chi connectivity index (χ0n) is 11.8. The summed E-state index contributed by atoms with van der Waals surface area (Å²) in [6, 6.07) is 9.10. The highest BCUT2D eigenvalue weighted by molar-refractivity contribution is 5.77. The quantitative estimate of drug-likeness (QED) is 0.856. The Hall–Kier alpha value is -1.86. The maximum atomic E-state index is 12.0. The van der Waals surface area contributed by atoms with Crippen LogP contribution in [0.1, 0.15) is 49.3 Å². The SMILES string of the molecule is COC(=O)[C@@H](NC1CCCCC1)c1cccc(C#N)c1. The molecule has 4 heteroatoms. The maximum absolute atomic E-state index is 12.0. The Kier molecular flexibility index (Phi) is 5.14. The van der Waals surface area contributed by atoms with Crippen LogP contribution in [-0.4, -0.2) is 19.1 Å². The molecule has 1 saturated carbocycles. The van der Waals surface area contributed by atoms with Gasteiger partial charge in [-0.1, -0.05) is 31.4 Å². The molecule has 2 rings (SSSR count). The number of carbonyl (C=O) groups excluding carboxylic acids is 1. The molecule has 0 radical (unpaired) electrons. The van der Waals surface area contributed by atoms with Gasteiger partial charge in [0.1, 0.15) is 6.04 Å². The number of carbonyl (C=O) groups is 1. The van der Waals surface area contributed by atoms with Crippen LogP contribution in [0.5, 0.6) is 0 Å². The molecule has 20 heavy (non-hydrogen) atoms. The second-order valence-corrected chi connectivity index (χ2v) is 5.20. The number of ether oxygens (including phenoxy) is 1. The number of nitrogens with one attached hydrogen (secondary N) is 1. The predicted molar refractivity (Wildman–Crippen MR) is 75.9 cm³/mol. The topological polar surface area (TPSA) is 62.1 Å². The van der Waals surface area contributed by atoms with Gasteiger partial charge in [0.05, 0.1) is 18.7 Å². The van der Waals surface area contributed by atoms with Crippen molar-refractivity contribution in [2.45, 2.75) is 44.2 Å². The van der Waals surface area contributed by atoms with Crippen LogP contribution >= 0.6 is 0 Å². The van der Waals surface area contributed by atoms with Crippen molar-refractivity contribution in [1.82, 2.24) is 5.32 Å². The summed E-state index contributed by atoms with van der Waals surface area (Å²) in [4.78, 5) is 12.0. The number of benzene rings is 1. The van der Waals surface area contributed by atoms with E-state index in [2.05, 4.69) is 11.4 Å². The summed E-state index contributed by atoms with van der Waals surface area (Å²) in [5.41, 5.74) is 1.35. The summed E-state index contributed by atoms with van der Waals surface area (Å²) in [5, 5.41) is 12.4. The molecule has 4 nitrogen and oxygen atoms in total. The molecule has 1 atom stereocenters. The van der Waals surface area contributed by atoms with E-state index in [1.807, 2.05) is 6.07 Å². The van der Waals surface area contributed by atoms with Crippen molar-refractivity contribution in [2.24, 2.45) is 0 Å². The van der Waals surface area contributed by atoms with Gasteiger partial charge in [-0.15, -0.1) is 0 Å². The molecular weight excluding hydrogens is 252 g/mol. The van der Waals surface area contributed by atoms with Gasteiger partial charge in [0, 0.05) is 6.04 Å². The zero-order chi connectivity index (χ0) is 14.4. The molecule has 0 spiro atoms. The summed E-state index contributed by atoms with van der Waals surface area (Å²) in [7, 11) is 1.39. The Bertz CT molecular complexity index is 501. The molecule has 0 aromatic heterocycles. The van der Waals surface area contributed by atoms with Crippen molar-refractivity contribution in [3.63, 3.8) is 0 Å². The molecule has 1 N–H and O–H groups in total. The van der Waals surface area contributed by atoms with E-state index in [1.165, 1.54) is 26.4 Å². The van der Waals surface area contributed by atoms with Gasteiger partial charge < -0.3 is 4.74 Å². The largest absolute Gasteiger partial charge is 0.468 e. The van der Waals surface area contributed by atoms with E-state index in [1.54, 1.807) is 18.2 Å². The fourth-order valence-electron chi connectivity index (χ4n) is 2.71. The van der Waals surface area contributed by atoms with Crippen molar-refractivity contribution >= 4 is 5.97 Å². The highest BCUT2D eigenvalue weighted by Crippen LogP contribution is 2.23. The Morgan fingerprint density at radius 2 is 2.15 bits per heavy atom. The van der Waals surface area contributed by atoms with Crippen LogP contribution in [0.15, 0.2) is 24.3 Å². The first-order chi connectivity index (χ1) is 9.74. The fraction of sp³-hybridized carbons (Fsp3) is 0.500. The van der Waals surface area contributed by atoms with Crippen molar-refractivity contribution in [3.8, 4) is 6.07 Å². The van der Waals surface area contributed by atoms with Crippen LogP contribution in [0.25, 0.3) is 0 Å². The van der Waals surface area contributed by atoms with E-state index < -0.39 is 6.04 Å². The number of nitrogens with zero attached hydrogens (tertiary/aromatic N) is 1. The fourth-order valence-corrected chi connectivity index (χ4v) is 2.71. The number of hydrogen-bond acceptors (Lipinski definition) is 4. The van der Waals surface area contributed by atoms with E-state index in [0.717, 1.165) is 18.4 Å². The normalized spacial score (nSPS) is 17.2. The van der Waals surface area contributed by atoms with Gasteiger partial charge in [0.15, 0.2) is 0 Å². The number of rotatable bonds is 4. The van der Waals surface area contributed by atoms with Crippen molar-refractivity contribution < 1.29 is 9.53 Å². The number of esters is 1. The first-order valence-corrected chi connectivity index (χ1v) is 7.08. The average Bonchev–Trinajstić information content (AvgIpc) is 2.53. The van der Waals surface area contributed by atoms with Gasteiger partial charge in [0.25, 0.3) is 0 Å². The molecule has 1 aliphatic rings. The molecule has 1 aliphatic carbocycles. The Morgan fingerprint density at radius 3 is 2.80 bits per heavy atom. The molecule has 0 unspecified atom stereocenters. The molecule has 0 heterocycles. The number of methoxy groups -OCH3 is 1. The lowest BCUT2D eigenvalue weighted by atomic mass is 9.93. The van der Waals surface area contributed by atoms with Crippen LogP contribution in [0.4, 0.5) is 0 Å². The minimum Gasteiger partial charge on any atom is -0.468 e. The van der Waals surface area contributed by atoms with Crippen molar-refractivity contribution in [2.75, 3.05) is 7.11 Å². The number of hydrogen-bond donors (Lipinski definition) is 1. The van der Waals surface area contributed by atoms with Crippen LogP contribution < -0.4 is 5.32 Å². The Balaban J connectivity index is 2.18. The van der Waals surface area contributed by atoms with Crippen LogP contribution in [0.3, 0.4) is 0 Å². The molecule has 1 fully saturated rings. The van der Waals surface area contributed by atoms with E-state index in [4.69, 9.17) is 10.00 Å². The van der Waals surface area contributed by atoms with Crippen molar-refractivity contribution in [3.05, 3.63) is 35.4 Å². The van der Waals surface area contributed by atoms with Gasteiger partial charge in [-0.3, -0.25) is 5.32 Å². The minimum atomic E-state index is -0.489. The summed E-state index contributed by atoms with van der Waals surface area (Å²) in [6.07, 6.45) is 5.84. The zero-order valence-corrected chi connectivity index (χ0v) is 11.8. The second-order valence-electron chi connectivity index (χ2n) is 5.20. The van der Waals surface area contributed by atoms with E-state index in [-0.39, 0.29) is 5.97 Å². The molecule has 106 valence electrons. The third-order valence-electron chi connectivity index (χ3n) is 3.79. The predicted octanol–water partition coefficient (Wildman–Crippen LogP) is 2.69. The molecule has 0 saturated heterocycles. The lowest BCUT2D eigenvalue weighted by molar-refractivity contribution is -0.143. The number of nitriles is 1. The average molecular weight is 272 g/mol. The Labute approximate surface area is 119 Å². The van der Waals surface area contributed by atoms with Gasteiger partial charge in [-0.2, -0.15) is 5.26 Å². The molecule has 0 aliphatic heterocycles. The summed E-state index contributed by atoms with van der Waals surface area (Å²) in [6.45, 7) is 0. The monoisotopic (exact) mass is 272 g/mol. The van der Waals surface area contributed by atoms with E-state index in [0.29, 0.717) is 11.6 Å². The third kappa shape index (κ3) is 3.58. The standard InChI is InChI=1S/C16H20N2O2/c1-20-16(19)15(18-14-8-3-2-4-9-14)13-7-5-6-12(10-13)11-17/h5-7,10,14-15,18H,2-4,8-9H2,1H3/t15-/m0/s1. The molecule has 1 aromatic carbocycles. The van der Waals surface area contributed by atoms with Gasteiger partial charge >= 0.3 is 5.97 Å². The minimum absolute atomic E-state index is 0.300. The molecule has 0 bridgehead atoms. The third-order valence-corrected chi connectivity index (χ3v) is 3.79. The first-order valence-electron chi connectivity index (χ1n) is 7.08. The molecular formula is C16H20N2O2. The second kappa shape index (κ2) is 7.06. The summed E-state index contributed by atoms with van der Waals surface area (Å²) in [5.74, 6) is -0.300. The van der Waals surface area contributed by atoms with Crippen LogP contribution in [0, 0.1) is 11.3 Å². The Morgan fingerprint density at radius 1 is 1.40 bits per heavy atom. The summed E-state index contributed by atoms with van der Waals surface area (Å²) < 4.78 is 4.90.